The zero-order valence-corrected chi connectivity index (χ0v) is 11.1. The third-order valence-corrected chi connectivity index (χ3v) is 3.53. The monoisotopic (exact) mass is 286 g/mol. The number of hydrogen-bond acceptors (Lipinski definition) is 4. The van der Waals surface area contributed by atoms with E-state index < -0.39 is 10.0 Å². The smallest absolute Gasteiger partial charge is 0.273 e. The fourth-order valence-corrected chi connectivity index (χ4v) is 2.43. The molecule has 0 radical (unpaired) electrons. The van der Waals surface area contributed by atoms with Crippen LogP contribution in [0.15, 0.2) is 29.4 Å². The highest BCUT2D eigenvalue weighted by atomic mass is 35.5. The molecule has 2 rings (SSSR count). The Morgan fingerprint density at radius 1 is 1.39 bits per heavy atom. The summed E-state index contributed by atoms with van der Waals surface area (Å²) in [4.78, 5) is 0. The molecule has 0 aliphatic heterocycles. The third kappa shape index (κ3) is 2.69. The van der Waals surface area contributed by atoms with Crippen LogP contribution in [0.4, 0.5) is 0 Å². The average molecular weight is 287 g/mol. The lowest BCUT2D eigenvalue weighted by atomic mass is 10.1. The predicted octanol–water partition coefficient (Wildman–Crippen LogP) is 0.707. The van der Waals surface area contributed by atoms with E-state index in [0.717, 1.165) is 5.56 Å². The Balaban J connectivity index is 2.34. The number of nitrogens with two attached hydrogens (primary N) is 1. The van der Waals surface area contributed by atoms with E-state index in [0.29, 0.717) is 17.3 Å². The van der Waals surface area contributed by atoms with Gasteiger partial charge in [-0.05, 0) is 17.7 Å². The van der Waals surface area contributed by atoms with Crippen molar-refractivity contribution < 1.29 is 8.42 Å². The Morgan fingerprint density at radius 2 is 2.11 bits per heavy atom. The van der Waals surface area contributed by atoms with Gasteiger partial charge in [0.15, 0.2) is 0 Å². The van der Waals surface area contributed by atoms with Crippen LogP contribution in [0, 0.1) is 0 Å². The number of hydrogen-bond donors (Lipinski definition) is 1. The number of benzene rings is 1. The highest BCUT2D eigenvalue weighted by Gasteiger charge is 2.18. The van der Waals surface area contributed by atoms with Crippen LogP contribution in [0.1, 0.15) is 11.4 Å². The summed E-state index contributed by atoms with van der Waals surface area (Å²) in [5.74, 6) is 0.501. The van der Waals surface area contributed by atoms with E-state index in [1.807, 2.05) is 12.1 Å². The molecule has 2 aromatic rings. The van der Waals surface area contributed by atoms with Gasteiger partial charge >= 0.3 is 0 Å². The van der Waals surface area contributed by atoms with Crippen LogP contribution in [0.5, 0.6) is 0 Å². The van der Waals surface area contributed by atoms with E-state index in [1.54, 1.807) is 19.2 Å². The summed E-state index contributed by atoms with van der Waals surface area (Å²) in [6, 6.07) is 7.23. The molecule has 6 nitrogen and oxygen atoms in total. The highest BCUT2D eigenvalue weighted by Crippen LogP contribution is 2.14. The minimum absolute atomic E-state index is 0.250. The number of sulfonamides is 1. The number of nitrogens with zero attached hydrogens (tertiary/aromatic N) is 3. The van der Waals surface area contributed by atoms with Gasteiger partial charge in [0.05, 0.1) is 0 Å². The first-order chi connectivity index (χ1) is 8.38. The van der Waals surface area contributed by atoms with E-state index in [2.05, 4.69) is 10.2 Å². The van der Waals surface area contributed by atoms with Gasteiger partial charge in [-0.15, -0.1) is 10.2 Å². The molecule has 0 amide bonds. The van der Waals surface area contributed by atoms with Crippen LogP contribution in [0.2, 0.25) is 5.02 Å². The molecule has 8 heteroatoms. The maximum atomic E-state index is 11.2. The topological polar surface area (TPSA) is 90.9 Å². The Hall–Kier alpha value is -1.44. The van der Waals surface area contributed by atoms with Crippen molar-refractivity contribution in [3.8, 4) is 0 Å². The number of primary sulfonamides is 1. The molecule has 2 N–H and O–H groups in total. The molecular formula is C10H11ClN4O2S. The Kier molecular flexibility index (Phi) is 3.38. The highest BCUT2D eigenvalue weighted by molar-refractivity contribution is 7.89. The zero-order valence-electron chi connectivity index (χ0n) is 9.54. The summed E-state index contributed by atoms with van der Waals surface area (Å²) in [7, 11) is -2.29. The summed E-state index contributed by atoms with van der Waals surface area (Å²) >= 11 is 5.87. The maximum absolute atomic E-state index is 11.2. The van der Waals surface area contributed by atoms with Crippen molar-refractivity contribution >= 4 is 21.6 Å². The first kappa shape index (κ1) is 13.0. The van der Waals surface area contributed by atoms with Crippen molar-refractivity contribution in [1.29, 1.82) is 0 Å². The predicted molar refractivity (Wildman–Crippen MR) is 66.6 cm³/mol. The molecule has 0 aliphatic carbocycles. The van der Waals surface area contributed by atoms with Gasteiger partial charge in [0.2, 0.25) is 0 Å². The van der Waals surface area contributed by atoms with Crippen LogP contribution in [0.3, 0.4) is 0 Å². The summed E-state index contributed by atoms with van der Waals surface area (Å²) in [5.41, 5.74) is 0.916. The second-order valence-electron chi connectivity index (χ2n) is 3.81. The minimum Gasteiger partial charge on any atom is -0.304 e. The first-order valence-corrected chi connectivity index (χ1v) is 6.96. The Bertz CT molecular complexity index is 681. The Labute approximate surface area is 109 Å². The largest absolute Gasteiger partial charge is 0.304 e. The van der Waals surface area contributed by atoms with Crippen LogP contribution in [-0.2, 0) is 23.5 Å². The lowest BCUT2D eigenvalue weighted by molar-refractivity contribution is 0.578. The van der Waals surface area contributed by atoms with Gasteiger partial charge < -0.3 is 4.57 Å². The van der Waals surface area contributed by atoms with Crippen LogP contribution < -0.4 is 5.14 Å². The SMILES string of the molecule is Cn1c(Cc2cccc(Cl)c2)nnc1S(N)(=O)=O. The molecule has 0 aliphatic rings. The molecule has 0 spiro atoms. The molecule has 18 heavy (non-hydrogen) atoms. The molecule has 0 atom stereocenters. The normalized spacial score (nSPS) is 11.7. The Morgan fingerprint density at radius 3 is 2.67 bits per heavy atom. The van der Waals surface area contributed by atoms with Gasteiger partial charge in [0.1, 0.15) is 5.82 Å². The third-order valence-electron chi connectivity index (χ3n) is 2.43. The molecule has 1 heterocycles. The summed E-state index contributed by atoms with van der Waals surface area (Å²) < 4.78 is 23.8. The second kappa shape index (κ2) is 4.68. The van der Waals surface area contributed by atoms with Gasteiger partial charge in [-0.1, -0.05) is 23.7 Å². The van der Waals surface area contributed by atoms with Gasteiger partial charge in [0.25, 0.3) is 15.2 Å². The van der Waals surface area contributed by atoms with Crippen molar-refractivity contribution in [2.24, 2.45) is 12.2 Å². The van der Waals surface area contributed by atoms with Gasteiger partial charge in [-0.25, -0.2) is 13.6 Å². The number of halogens is 1. The van der Waals surface area contributed by atoms with Crippen molar-refractivity contribution in [2.45, 2.75) is 11.6 Å². The quantitative estimate of drug-likeness (QED) is 0.899. The van der Waals surface area contributed by atoms with Crippen molar-refractivity contribution in [3.05, 3.63) is 40.7 Å². The molecular weight excluding hydrogens is 276 g/mol. The molecule has 0 unspecified atom stereocenters. The maximum Gasteiger partial charge on any atom is 0.273 e. The molecule has 0 saturated carbocycles. The van der Waals surface area contributed by atoms with Crippen molar-refractivity contribution in [3.63, 3.8) is 0 Å². The van der Waals surface area contributed by atoms with E-state index in [9.17, 15) is 8.42 Å². The van der Waals surface area contributed by atoms with E-state index in [1.165, 1.54) is 4.57 Å². The van der Waals surface area contributed by atoms with E-state index in [4.69, 9.17) is 16.7 Å². The van der Waals surface area contributed by atoms with Gasteiger partial charge in [-0.2, -0.15) is 0 Å². The minimum atomic E-state index is -3.85. The van der Waals surface area contributed by atoms with Gasteiger partial charge in [-0.3, -0.25) is 0 Å². The number of aromatic nitrogens is 3. The summed E-state index contributed by atoms with van der Waals surface area (Å²) in [6.45, 7) is 0. The molecule has 1 aromatic heterocycles. The summed E-state index contributed by atoms with van der Waals surface area (Å²) in [6.07, 6.45) is 0.430. The summed E-state index contributed by atoms with van der Waals surface area (Å²) in [5, 5.41) is 12.8. The fraction of sp³-hybridized carbons (Fsp3) is 0.200. The molecule has 0 bridgehead atoms. The van der Waals surface area contributed by atoms with Crippen molar-refractivity contribution in [1.82, 2.24) is 14.8 Å². The van der Waals surface area contributed by atoms with E-state index in [-0.39, 0.29) is 5.16 Å². The lowest BCUT2D eigenvalue weighted by Crippen LogP contribution is -2.17. The van der Waals surface area contributed by atoms with Crippen LogP contribution in [0.25, 0.3) is 0 Å². The van der Waals surface area contributed by atoms with E-state index >= 15 is 0 Å². The molecule has 0 saturated heterocycles. The molecule has 96 valence electrons. The number of rotatable bonds is 3. The fourth-order valence-electron chi connectivity index (χ4n) is 1.58. The lowest BCUT2D eigenvalue weighted by Gasteiger charge is -2.03. The standard InChI is InChI=1S/C10H11ClN4O2S/c1-15-9(13-14-10(15)18(12,16)17)6-7-3-2-4-8(11)5-7/h2-5H,6H2,1H3,(H2,12,16,17). The van der Waals surface area contributed by atoms with Crippen LogP contribution in [-0.4, -0.2) is 23.2 Å². The van der Waals surface area contributed by atoms with Gasteiger partial charge in [0, 0.05) is 18.5 Å². The average Bonchev–Trinajstić information content (AvgIpc) is 2.60. The molecule has 1 aromatic carbocycles. The van der Waals surface area contributed by atoms with Crippen LogP contribution >= 0.6 is 11.6 Å². The second-order valence-corrected chi connectivity index (χ2v) is 5.70. The first-order valence-electron chi connectivity index (χ1n) is 5.03. The van der Waals surface area contributed by atoms with Crippen molar-refractivity contribution in [2.75, 3.05) is 0 Å². The molecule has 0 fully saturated rings. The zero-order chi connectivity index (χ0) is 13.3.